The van der Waals surface area contributed by atoms with E-state index in [1.165, 1.54) is 43.3 Å². The Hall–Kier alpha value is -2.88. The van der Waals surface area contributed by atoms with Gasteiger partial charge in [0.2, 0.25) is 5.95 Å². The van der Waals surface area contributed by atoms with E-state index in [1.54, 1.807) is 17.4 Å². The molecule has 0 aliphatic carbocycles. The number of para-hydroxylation sites is 1. The Morgan fingerprint density at radius 3 is 2.58 bits per heavy atom. The molecule has 0 atom stereocenters. The lowest BCUT2D eigenvalue weighted by Gasteiger charge is -2.17. The van der Waals surface area contributed by atoms with Gasteiger partial charge in [0.1, 0.15) is 0 Å². The molecule has 0 saturated heterocycles. The summed E-state index contributed by atoms with van der Waals surface area (Å²) in [5.41, 5.74) is 0.392. The molecule has 2 rings (SSSR count). The van der Waals surface area contributed by atoms with Crippen LogP contribution in [0.1, 0.15) is 10.4 Å². The smallest absolute Gasteiger partial charge is 0.288 e. The Balaban J connectivity index is 2.43. The van der Waals surface area contributed by atoms with Gasteiger partial charge < -0.3 is 0 Å². The molecule has 0 fully saturated rings. The highest BCUT2D eigenvalue weighted by Gasteiger charge is 2.39. The molecule has 1 N–H and O–H groups in total. The maximum atomic E-state index is 12.4. The second-order valence-electron chi connectivity index (χ2n) is 4.58. The van der Waals surface area contributed by atoms with Gasteiger partial charge in [-0.1, -0.05) is 12.1 Å². The van der Waals surface area contributed by atoms with Crippen LogP contribution >= 0.6 is 0 Å². The third-order valence-electron chi connectivity index (χ3n) is 3.08. The summed E-state index contributed by atoms with van der Waals surface area (Å²) < 4.78 is 38.4. The van der Waals surface area contributed by atoms with Gasteiger partial charge in [0, 0.05) is 19.4 Å². The van der Waals surface area contributed by atoms with E-state index in [9.17, 15) is 22.8 Å². The first-order valence-electron chi connectivity index (χ1n) is 6.58. The Morgan fingerprint density at radius 2 is 1.96 bits per heavy atom. The lowest BCUT2D eigenvalue weighted by molar-refractivity contribution is -0.167. The molecule has 0 radical (unpaired) electrons. The Bertz CT molecular complexity index is 758. The summed E-state index contributed by atoms with van der Waals surface area (Å²) >= 11 is 0. The van der Waals surface area contributed by atoms with Crippen molar-refractivity contribution in [3.63, 3.8) is 0 Å². The predicted molar refractivity (Wildman–Crippen MR) is 77.4 cm³/mol. The third-order valence-corrected chi connectivity index (χ3v) is 3.08. The Labute approximate surface area is 134 Å². The number of carbonyl (C=O) groups excluding carboxylic acids is 2. The fourth-order valence-corrected chi connectivity index (χ4v) is 1.88. The van der Waals surface area contributed by atoms with Crippen LogP contribution in [0.15, 0.2) is 36.7 Å². The lowest BCUT2D eigenvalue weighted by Crippen LogP contribution is -2.31. The molecular formula is C14H13F3N4O3. The van der Waals surface area contributed by atoms with E-state index >= 15 is 0 Å². The Morgan fingerprint density at radius 1 is 1.29 bits per heavy atom. The number of hydroxylamine groups is 2. The van der Waals surface area contributed by atoms with Gasteiger partial charge in [0.15, 0.2) is 0 Å². The van der Waals surface area contributed by atoms with Gasteiger partial charge in [-0.2, -0.15) is 13.2 Å². The summed E-state index contributed by atoms with van der Waals surface area (Å²) in [6.45, 7) is 0. The maximum absolute atomic E-state index is 12.4. The standard InChI is InChI=1S/C14H13F3N4O3/c1-20(24-2)11(22)9-5-3-4-6-10(9)21-8-7-18-13(21)19-12(23)14(15,16)17/h3-8H,1-2H3,(H,18,19,23). The third kappa shape index (κ3) is 3.54. The summed E-state index contributed by atoms with van der Waals surface area (Å²) in [5, 5.41) is 2.63. The number of halogens is 3. The number of anilines is 1. The SMILES string of the molecule is CON(C)C(=O)c1ccccc1-n1ccnc1NC(=O)C(F)(F)F. The number of hydrogen-bond acceptors (Lipinski definition) is 4. The van der Waals surface area contributed by atoms with E-state index in [-0.39, 0.29) is 17.2 Å². The van der Waals surface area contributed by atoms with Crippen molar-refractivity contribution in [2.24, 2.45) is 0 Å². The second kappa shape index (κ2) is 6.71. The van der Waals surface area contributed by atoms with Crippen molar-refractivity contribution in [2.75, 3.05) is 19.5 Å². The zero-order valence-corrected chi connectivity index (χ0v) is 12.7. The van der Waals surface area contributed by atoms with Gasteiger partial charge in [0.25, 0.3) is 5.91 Å². The topological polar surface area (TPSA) is 76.5 Å². The molecule has 0 saturated carbocycles. The highest BCUT2D eigenvalue weighted by Crippen LogP contribution is 2.22. The molecule has 128 valence electrons. The van der Waals surface area contributed by atoms with Gasteiger partial charge in [-0.3, -0.25) is 24.3 Å². The average Bonchev–Trinajstić information content (AvgIpc) is 3.00. The van der Waals surface area contributed by atoms with Crippen molar-refractivity contribution in [3.8, 4) is 5.69 Å². The number of carbonyl (C=O) groups is 2. The largest absolute Gasteiger partial charge is 0.471 e. The monoisotopic (exact) mass is 342 g/mol. The van der Waals surface area contributed by atoms with Crippen LogP contribution in [-0.4, -0.2) is 46.8 Å². The number of amides is 2. The normalized spacial score (nSPS) is 11.2. The molecule has 24 heavy (non-hydrogen) atoms. The average molecular weight is 342 g/mol. The summed E-state index contributed by atoms with van der Waals surface area (Å²) in [6, 6.07) is 6.16. The maximum Gasteiger partial charge on any atom is 0.471 e. The molecule has 0 bridgehead atoms. The van der Waals surface area contributed by atoms with Gasteiger partial charge in [-0.05, 0) is 12.1 Å². The van der Waals surface area contributed by atoms with E-state index in [0.717, 1.165) is 5.06 Å². The highest BCUT2D eigenvalue weighted by atomic mass is 19.4. The molecule has 10 heteroatoms. The highest BCUT2D eigenvalue weighted by molar-refractivity contribution is 5.98. The van der Waals surface area contributed by atoms with Crippen LogP contribution in [0.5, 0.6) is 0 Å². The molecule has 1 aromatic heterocycles. The van der Waals surface area contributed by atoms with E-state index in [0.29, 0.717) is 0 Å². The number of benzene rings is 1. The molecule has 2 amide bonds. The van der Waals surface area contributed by atoms with Crippen molar-refractivity contribution in [1.82, 2.24) is 14.6 Å². The van der Waals surface area contributed by atoms with E-state index in [2.05, 4.69) is 4.98 Å². The lowest BCUT2D eigenvalue weighted by atomic mass is 10.1. The number of rotatable bonds is 4. The summed E-state index contributed by atoms with van der Waals surface area (Å²) in [7, 11) is 2.69. The number of nitrogens with one attached hydrogen (secondary N) is 1. The molecule has 0 aliphatic rings. The minimum Gasteiger partial charge on any atom is -0.288 e. The second-order valence-corrected chi connectivity index (χ2v) is 4.58. The van der Waals surface area contributed by atoms with Crippen molar-refractivity contribution in [1.29, 1.82) is 0 Å². The van der Waals surface area contributed by atoms with Crippen LogP contribution < -0.4 is 5.32 Å². The number of hydrogen-bond donors (Lipinski definition) is 1. The molecule has 2 aromatic rings. The molecule has 1 heterocycles. The summed E-state index contributed by atoms with van der Waals surface area (Å²) in [4.78, 5) is 31.9. The van der Waals surface area contributed by atoms with Crippen molar-refractivity contribution in [2.45, 2.75) is 6.18 Å². The summed E-state index contributed by atoms with van der Waals surface area (Å²) in [5.74, 6) is -3.04. The molecule has 0 aliphatic heterocycles. The van der Waals surface area contributed by atoms with E-state index < -0.39 is 18.0 Å². The van der Waals surface area contributed by atoms with E-state index in [1.807, 2.05) is 0 Å². The van der Waals surface area contributed by atoms with Gasteiger partial charge >= 0.3 is 12.1 Å². The fourth-order valence-electron chi connectivity index (χ4n) is 1.88. The van der Waals surface area contributed by atoms with Gasteiger partial charge in [0.05, 0.1) is 18.4 Å². The minimum absolute atomic E-state index is 0.155. The van der Waals surface area contributed by atoms with Gasteiger partial charge in [-0.15, -0.1) is 0 Å². The van der Waals surface area contributed by atoms with Crippen LogP contribution in [0.3, 0.4) is 0 Å². The molecule has 0 spiro atoms. The first-order chi connectivity index (χ1) is 11.3. The number of nitrogens with zero attached hydrogens (tertiary/aromatic N) is 3. The van der Waals surface area contributed by atoms with Crippen molar-refractivity contribution in [3.05, 3.63) is 42.2 Å². The summed E-state index contributed by atoms with van der Waals surface area (Å²) in [6.07, 6.45) is -2.53. The molecular weight excluding hydrogens is 329 g/mol. The fraction of sp³-hybridized carbons (Fsp3) is 0.214. The number of alkyl halides is 3. The van der Waals surface area contributed by atoms with Crippen LogP contribution in [0.25, 0.3) is 5.69 Å². The van der Waals surface area contributed by atoms with Crippen LogP contribution in [-0.2, 0) is 9.63 Å². The van der Waals surface area contributed by atoms with E-state index in [4.69, 9.17) is 4.84 Å². The molecule has 7 nitrogen and oxygen atoms in total. The molecule has 0 unspecified atom stereocenters. The predicted octanol–water partition coefficient (Wildman–Crippen LogP) is 2.01. The zero-order valence-electron chi connectivity index (χ0n) is 12.7. The zero-order chi connectivity index (χ0) is 17.9. The van der Waals surface area contributed by atoms with Crippen LogP contribution in [0, 0.1) is 0 Å². The first-order valence-corrected chi connectivity index (χ1v) is 6.58. The molecule has 1 aromatic carbocycles. The van der Waals surface area contributed by atoms with Crippen molar-refractivity contribution >= 4 is 17.8 Å². The van der Waals surface area contributed by atoms with Crippen LogP contribution in [0.4, 0.5) is 19.1 Å². The van der Waals surface area contributed by atoms with Crippen molar-refractivity contribution < 1.29 is 27.6 Å². The van der Waals surface area contributed by atoms with Crippen LogP contribution in [0.2, 0.25) is 0 Å². The number of imidazole rings is 1. The number of aromatic nitrogens is 2. The minimum atomic E-state index is -5.05. The first kappa shape index (κ1) is 17.5. The van der Waals surface area contributed by atoms with Gasteiger partial charge in [-0.25, -0.2) is 10.0 Å². The quantitative estimate of drug-likeness (QED) is 0.863. The Kier molecular flexibility index (Phi) is 4.88.